The van der Waals surface area contributed by atoms with E-state index in [4.69, 9.17) is 4.74 Å². The standard InChI is InChI=1S/C12H22O/c1-5-8-9-13-11(4)10-12(6-2)7-3/h6,12H,2,4-5,7-10H2,1,3H3. The molecule has 0 saturated carbocycles. The molecule has 0 amide bonds. The second kappa shape index (κ2) is 7.90. The van der Waals surface area contributed by atoms with Crippen LogP contribution < -0.4 is 0 Å². The normalized spacial score (nSPS) is 12.2. The quantitative estimate of drug-likeness (QED) is 0.314. The maximum absolute atomic E-state index is 5.47. The summed E-state index contributed by atoms with van der Waals surface area (Å²) in [6.07, 6.45) is 6.30. The number of ether oxygens (including phenoxy) is 1. The van der Waals surface area contributed by atoms with E-state index in [0.717, 1.165) is 31.6 Å². The lowest BCUT2D eigenvalue weighted by Crippen LogP contribution is -2.00. The molecule has 1 heteroatoms. The Hall–Kier alpha value is -0.720. The summed E-state index contributed by atoms with van der Waals surface area (Å²) in [5.41, 5.74) is 0. The van der Waals surface area contributed by atoms with Crippen molar-refractivity contribution in [1.29, 1.82) is 0 Å². The molecule has 0 aliphatic heterocycles. The topological polar surface area (TPSA) is 9.23 Å². The van der Waals surface area contributed by atoms with Crippen molar-refractivity contribution in [2.45, 2.75) is 39.5 Å². The summed E-state index contributed by atoms with van der Waals surface area (Å²) in [6.45, 7) is 12.8. The van der Waals surface area contributed by atoms with Crippen LogP contribution in [0, 0.1) is 5.92 Å². The number of rotatable bonds is 8. The van der Waals surface area contributed by atoms with Crippen molar-refractivity contribution in [3.63, 3.8) is 0 Å². The molecule has 0 radical (unpaired) electrons. The van der Waals surface area contributed by atoms with Gasteiger partial charge in [0.25, 0.3) is 0 Å². The van der Waals surface area contributed by atoms with Crippen molar-refractivity contribution in [3.05, 3.63) is 25.0 Å². The molecule has 0 fully saturated rings. The molecule has 1 unspecified atom stereocenters. The minimum absolute atomic E-state index is 0.522. The van der Waals surface area contributed by atoms with Gasteiger partial charge >= 0.3 is 0 Å². The molecule has 0 rings (SSSR count). The van der Waals surface area contributed by atoms with E-state index in [1.807, 2.05) is 6.08 Å². The van der Waals surface area contributed by atoms with Crippen LogP contribution in [0.15, 0.2) is 25.0 Å². The largest absolute Gasteiger partial charge is 0.499 e. The molecule has 1 atom stereocenters. The molecule has 0 aliphatic rings. The van der Waals surface area contributed by atoms with E-state index in [2.05, 4.69) is 27.0 Å². The highest BCUT2D eigenvalue weighted by molar-refractivity contribution is 4.91. The monoisotopic (exact) mass is 182 g/mol. The Morgan fingerprint density at radius 3 is 2.62 bits per heavy atom. The van der Waals surface area contributed by atoms with Crippen molar-refractivity contribution in [2.24, 2.45) is 5.92 Å². The molecule has 0 bridgehead atoms. The second-order valence-electron chi connectivity index (χ2n) is 3.35. The van der Waals surface area contributed by atoms with Crippen LogP contribution in [0.4, 0.5) is 0 Å². The highest BCUT2D eigenvalue weighted by Crippen LogP contribution is 2.15. The highest BCUT2D eigenvalue weighted by Gasteiger charge is 2.04. The van der Waals surface area contributed by atoms with Gasteiger partial charge in [0.1, 0.15) is 0 Å². The third-order valence-electron chi connectivity index (χ3n) is 2.15. The van der Waals surface area contributed by atoms with Gasteiger partial charge in [0.15, 0.2) is 0 Å². The zero-order valence-electron chi connectivity index (χ0n) is 9.01. The molecule has 0 aromatic rings. The number of allylic oxidation sites excluding steroid dienone is 2. The lowest BCUT2D eigenvalue weighted by molar-refractivity contribution is 0.192. The van der Waals surface area contributed by atoms with Crippen LogP contribution in [-0.2, 0) is 4.74 Å². The second-order valence-corrected chi connectivity index (χ2v) is 3.35. The van der Waals surface area contributed by atoms with E-state index < -0.39 is 0 Å². The van der Waals surface area contributed by atoms with Crippen LogP contribution in [0.25, 0.3) is 0 Å². The molecule has 0 aromatic heterocycles. The maximum Gasteiger partial charge on any atom is 0.0894 e. The lowest BCUT2D eigenvalue weighted by Gasteiger charge is -2.12. The predicted molar refractivity (Wildman–Crippen MR) is 58.6 cm³/mol. The molecule has 1 nitrogen and oxygen atoms in total. The zero-order chi connectivity index (χ0) is 10.1. The van der Waals surface area contributed by atoms with Crippen molar-refractivity contribution >= 4 is 0 Å². The van der Waals surface area contributed by atoms with Gasteiger partial charge in [0, 0.05) is 6.42 Å². The van der Waals surface area contributed by atoms with Gasteiger partial charge in [0.05, 0.1) is 12.4 Å². The number of hydrogen-bond acceptors (Lipinski definition) is 1. The zero-order valence-corrected chi connectivity index (χ0v) is 9.01. The first-order valence-corrected chi connectivity index (χ1v) is 5.17. The fourth-order valence-corrected chi connectivity index (χ4v) is 1.11. The van der Waals surface area contributed by atoms with Crippen LogP contribution in [0.3, 0.4) is 0 Å². The van der Waals surface area contributed by atoms with Crippen LogP contribution in [0.2, 0.25) is 0 Å². The van der Waals surface area contributed by atoms with Gasteiger partial charge in [-0.15, -0.1) is 6.58 Å². The average molecular weight is 182 g/mol. The fourth-order valence-electron chi connectivity index (χ4n) is 1.11. The van der Waals surface area contributed by atoms with Crippen molar-refractivity contribution in [3.8, 4) is 0 Å². The predicted octanol–water partition coefficient (Wildman–Crippen LogP) is 3.92. The summed E-state index contributed by atoms with van der Waals surface area (Å²) in [4.78, 5) is 0. The molecule has 13 heavy (non-hydrogen) atoms. The minimum Gasteiger partial charge on any atom is -0.499 e. The van der Waals surface area contributed by atoms with Gasteiger partial charge in [-0.25, -0.2) is 0 Å². The van der Waals surface area contributed by atoms with E-state index in [9.17, 15) is 0 Å². The third kappa shape index (κ3) is 6.44. The maximum atomic E-state index is 5.47. The van der Waals surface area contributed by atoms with E-state index in [-0.39, 0.29) is 0 Å². The summed E-state index contributed by atoms with van der Waals surface area (Å²) < 4.78 is 5.47. The van der Waals surface area contributed by atoms with Gasteiger partial charge in [-0.2, -0.15) is 0 Å². The Bertz CT molecular complexity index is 149. The van der Waals surface area contributed by atoms with E-state index in [1.54, 1.807) is 0 Å². The molecule has 76 valence electrons. The van der Waals surface area contributed by atoms with Gasteiger partial charge in [-0.3, -0.25) is 0 Å². The summed E-state index contributed by atoms with van der Waals surface area (Å²) in [6, 6.07) is 0. The van der Waals surface area contributed by atoms with E-state index >= 15 is 0 Å². The van der Waals surface area contributed by atoms with Gasteiger partial charge in [-0.1, -0.05) is 32.9 Å². The third-order valence-corrected chi connectivity index (χ3v) is 2.15. The Morgan fingerprint density at radius 2 is 2.15 bits per heavy atom. The Labute approximate surface area is 82.5 Å². The Kier molecular flexibility index (Phi) is 7.47. The van der Waals surface area contributed by atoms with Crippen LogP contribution in [0.1, 0.15) is 39.5 Å². The number of unbranched alkanes of at least 4 members (excludes halogenated alkanes) is 1. The molecule has 0 aromatic carbocycles. The highest BCUT2D eigenvalue weighted by atomic mass is 16.5. The van der Waals surface area contributed by atoms with E-state index in [1.165, 1.54) is 6.42 Å². The SMILES string of the molecule is C=CC(CC)CC(=C)OCCCC. The molecular formula is C12H22O. The van der Waals surface area contributed by atoms with Crippen LogP contribution in [-0.4, -0.2) is 6.61 Å². The van der Waals surface area contributed by atoms with Crippen molar-refractivity contribution in [1.82, 2.24) is 0 Å². The van der Waals surface area contributed by atoms with Crippen molar-refractivity contribution < 1.29 is 4.74 Å². The molecule has 0 spiro atoms. The fraction of sp³-hybridized carbons (Fsp3) is 0.667. The Morgan fingerprint density at radius 1 is 1.46 bits per heavy atom. The van der Waals surface area contributed by atoms with Crippen molar-refractivity contribution in [2.75, 3.05) is 6.61 Å². The molecule has 0 N–H and O–H groups in total. The summed E-state index contributed by atoms with van der Waals surface area (Å²) >= 11 is 0. The average Bonchev–Trinajstić information content (AvgIpc) is 2.14. The first kappa shape index (κ1) is 12.3. The van der Waals surface area contributed by atoms with Crippen LogP contribution >= 0.6 is 0 Å². The van der Waals surface area contributed by atoms with Gasteiger partial charge in [-0.05, 0) is 18.8 Å². The summed E-state index contributed by atoms with van der Waals surface area (Å²) in [5.74, 6) is 1.43. The Balaban J connectivity index is 3.54. The minimum atomic E-state index is 0.522. The molecule has 0 heterocycles. The molecule has 0 saturated heterocycles. The summed E-state index contributed by atoms with van der Waals surface area (Å²) in [5, 5.41) is 0. The smallest absolute Gasteiger partial charge is 0.0894 e. The van der Waals surface area contributed by atoms with E-state index in [0.29, 0.717) is 5.92 Å². The number of hydrogen-bond donors (Lipinski definition) is 0. The summed E-state index contributed by atoms with van der Waals surface area (Å²) in [7, 11) is 0. The first-order chi connectivity index (χ1) is 6.24. The van der Waals surface area contributed by atoms with Crippen LogP contribution in [0.5, 0.6) is 0 Å². The van der Waals surface area contributed by atoms with Gasteiger partial charge < -0.3 is 4.74 Å². The molecular weight excluding hydrogens is 160 g/mol. The first-order valence-electron chi connectivity index (χ1n) is 5.17. The lowest BCUT2D eigenvalue weighted by atomic mass is 10.0. The van der Waals surface area contributed by atoms with Gasteiger partial charge in [0.2, 0.25) is 0 Å². The molecule has 0 aliphatic carbocycles.